The standard InChI is InChI=1S/C13H16N4O2/c14-6-1-2-7-16-12-3-4-13(17(18)19)10-5-8-15-9-11(10)12/h3-5,8-9,16H,1-2,6-7,14H2. The number of nitro benzene ring substituents is 1. The third-order valence-corrected chi connectivity index (χ3v) is 2.94. The number of rotatable bonds is 6. The van der Waals surface area contributed by atoms with Gasteiger partial charge in [0, 0.05) is 36.1 Å². The van der Waals surface area contributed by atoms with Gasteiger partial charge in [-0.05, 0) is 31.5 Å². The van der Waals surface area contributed by atoms with E-state index in [0.717, 1.165) is 30.5 Å². The van der Waals surface area contributed by atoms with Crippen molar-refractivity contribution in [2.45, 2.75) is 12.8 Å². The number of fused-ring (bicyclic) bond motifs is 1. The predicted octanol–water partition coefficient (Wildman–Crippen LogP) is 2.29. The van der Waals surface area contributed by atoms with Crippen molar-refractivity contribution in [3.05, 3.63) is 40.7 Å². The zero-order chi connectivity index (χ0) is 13.7. The van der Waals surface area contributed by atoms with E-state index in [9.17, 15) is 10.1 Å². The molecule has 0 fully saturated rings. The normalized spacial score (nSPS) is 10.6. The molecule has 0 atom stereocenters. The number of non-ortho nitro benzene ring substituents is 1. The van der Waals surface area contributed by atoms with Crippen LogP contribution in [0.3, 0.4) is 0 Å². The molecular weight excluding hydrogens is 244 g/mol. The van der Waals surface area contributed by atoms with Gasteiger partial charge in [-0.3, -0.25) is 15.1 Å². The number of nitrogens with two attached hydrogens (primary N) is 1. The van der Waals surface area contributed by atoms with Gasteiger partial charge in [-0.1, -0.05) is 0 Å². The molecule has 0 spiro atoms. The van der Waals surface area contributed by atoms with Crippen LogP contribution in [0.25, 0.3) is 10.8 Å². The molecule has 0 unspecified atom stereocenters. The van der Waals surface area contributed by atoms with Crippen molar-refractivity contribution >= 4 is 22.1 Å². The average Bonchev–Trinajstić information content (AvgIpc) is 2.43. The van der Waals surface area contributed by atoms with E-state index in [1.165, 1.54) is 6.07 Å². The number of benzene rings is 1. The summed E-state index contributed by atoms with van der Waals surface area (Å²) < 4.78 is 0. The smallest absolute Gasteiger partial charge is 0.277 e. The molecule has 19 heavy (non-hydrogen) atoms. The topological polar surface area (TPSA) is 94.1 Å². The van der Waals surface area contributed by atoms with Crippen LogP contribution in [-0.4, -0.2) is 23.0 Å². The number of unbranched alkanes of at least 4 members (excludes halogenated alkanes) is 1. The summed E-state index contributed by atoms with van der Waals surface area (Å²) in [6, 6.07) is 4.91. The van der Waals surface area contributed by atoms with E-state index in [-0.39, 0.29) is 10.6 Å². The maximum Gasteiger partial charge on any atom is 0.277 e. The molecule has 1 heterocycles. The highest BCUT2D eigenvalue weighted by Gasteiger charge is 2.13. The number of aromatic nitrogens is 1. The number of hydrogen-bond donors (Lipinski definition) is 2. The van der Waals surface area contributed by atoms with Crippen molar-refractivity contribution in [2.75, 3.05) is 18.4 Å². The zero-order valence-corrected chi connectivity index (χ0v) is 10.5. The van der Waals surface area contributed by atoms with E-state index in [2.05, 4.69) is 10.3 Å². The lowest BCUT2D eigenvalue weighted by Gasteiger charge is -2.09. The highest BCUT2D eigenvalue weighted by Crippen LogP contribution is 2.30. The molecule has 0 aliphatic rings. The maximum atomic E-state index is 11.0. The Balaban J connectivity index is 2.30. The molecule has 0 saturated heterocycles. The highest BCUT2D eigenvalue weighted by molar-refractivity contribution is 5.99. The van der Waals surface area contributed by atoms with Gasteiger partial charge < -0.3 is 11.1 Å². The molecule has 0 radical (unpaired) electrons. The number of anilines is 1. The quantitative estimate of drug-likeness (QED) is 0.472. The van der Waals surface area contributed by atoms with Crippen LogP contribution in [0, 0.1) is 10.1 Å². The molecule has 2 rings (SSSR count). The molecule has 0 saturated carbocycles. The Morgan fingerprint density at radius 3 is 2.84 bits per heavy atom. The number of nitrogens with one attached hydrogen (secondary N) is 1. The summed E-state index contributed by atoms with van der Waals surface area (Å²) >= 11 is 0. The molecule has 100 valence electrons. The summed E-state index contributed by atoms with van der Waals surface area (Å²) in [5, 5.41) is 15.6. The number of nitrogens with zero attached hydrogens (tertiary/aromatic N) is 2. The van der Waals surface area contributed by atoms with E-state index in [0.29, 0.717) is 11.9 Å². The van der Waals surface area contributed by atoms with E-state index in [1.807, 2.05) is 0 Å². The molecule has 1 aromatic carbocycles. The van der Waals surface area contributed by atoms with Gasteiger partial charge in [0.2, 0.25) is 0 Å². The van der Waals surface area contributed by atoms with Crippen LogP contribution in [0.1, 0.15) is 12.8 Å². The molecule has 6 heteroatoms. The molecule has 0 aliphatic heterocycles. The second kappa shape index (κ2) is 6.10. The summed E-state index contributed by atoms with van der Waals surface area (Å²) in [6.45, 7) is 1.46. The van der Waals surface area contributed by atoms with Crippen molar-refractivity contribution in [2.24, 2.45) is 5.73 Å². The van der Waals surface area contributed by atoms with Crippen LogP contribution in [0.4, 0.5) is 11.4 Å². The minimum Gasteiger partial charge on any atom is -0.384 e. The summed E-state index contributed by atoms with van der Waals surface area (Å²) in [6.07, 6.45) is 5.13. The number of nitro groups is 1. The Bertz CT molecular complexity index is 586. The first-order valence-corrected chi connectivity index (χ1v) is 6.19. The fourth-order valence-electron chi connectivity index (χ4n) is 1.98. The molecular formula is C13H16N4O2. The second-order valence-electron chi connectivity index (χ2n) is 4.23. The molecule has 1 aromatic heterocycles. The van der Waals surface area contributed by atoms with Gasteiger partial charge >= 0.3 is 0 Å². The zero-order valence-electron chi connectivity index (χ0n) is 10.5. The highest BCUT2D eigenvalue weighted by atomic mass is 16.6. The summed E-state index contributed by atoms with van der Waals surface area (Å²) in [5.41, 5.74) is 6.41. The van der Waals surface area contributed by atoms with Gasteiger partial charge in [-0.15, -0.1) is 0 Å². The molecule has 0 bridgehead atoms. The van der Waals surface area contributed by atoms with Gasteiger partial charge in [-0.2, -0.15) is 0 Å². The van der Waals surface area contributed by atoms with Gasteiger partial charge in [-0.25, -0.2) is 0 Å². The monoisotopic (exact) mass is 260 g/mol. The predicted molar refractivity (Wildman–Crippen MR) is 75.2 cm³/mol. The van der Waals surface area contributed by atoms with Crippen LogP contribution in [0.5, 0.6) is 0 Å². The van der Waals surface area contributed by atoms with E-state index < -0.39 is 0 Å². The maximum absolute atomic E-state index is 11.0. The lowest BCUT2D eigenvalue weighted by Crippen LogP contribution is -2.06. The Hall–Kier alpha value is -2.21. The number of hydrogen-bond acceptors (Lipinski definition) is 5. The average molecular weight is 260 g/mol. The molecule has 0 amide bonds. The van der Waals surface area contributed by atoms with Crippen molar-refractivity contribution in [3.63, 3.8) is 0 Å². The van der Waals surface area contributed by atoms with Gasteiger partial charge in [0.05, 0.1) is 10.3 Å². The van der Waals surface area contributed by atoms with Crippen LogP contribution >= 0.6 is 0 Å². The summed E-state index contributed by atoms with van der Waals surface area (Å²) in [5.74, 6) is 0. The Morgan fingerprint density at radius 1 is 1.26 bits per heavy atom. The van der Waals surface area contributed by atoms with Gasteiger partial charge in [0.15, 0.2) is 0 Å². The number of pyridine rings is 1. The van der Waals surface area contributed by atoms with E-state index in [1.54, 1.807) is 24.5 Å². The van der Waals surface area contributed by atoms with Crippen molar-refractivity contribution < 1.29 is 4.92 Å². The third kappa shape index (κ3) is 2.97. The van der Waals surface area contributed by atoms with Crippen LogP contribution in [-0.2, 0) is 0 Å². The SMILES string of the molecule is NCCCCNc1ccc([N+](=O)[O-])c2ccncc12. The third-order valence-electron chi connectivity index (χ3n) is 2.94. The first-order chi connectivity index (χ1) is 9.24. The second-order valence-corrected chi connectivity index (χ2v) is 4.23. The molecule has 0 aliphatic carbocycles. The fourth-order valence-corrected chi connectivity index (χ4v) is 1.98. The summed E-state index contributed by atoms with van der Waals surface area (Å²) in [4.78, 5) is 14.6. The lowest BCUT2D eigenvalue weighted by atomic mass is 10.1. The lowest BCUT2D eigenvalue weighted by molar-refractivity contribution is -0.383. The van der Waals surface area contributed by atoms with Gasteiger partial charge in [0.25, 0.3) is 5.69 Å². The molecule has 2 aromatic rings. The Morgan fingerprint density at radius 2 is 2.11 bits per heavy atom. The minimum atomic E-state index is -0.374. The van der Waals surface area contributed by atoms with Crippen LogP contribution in [0.2, 0.25) is 0 Å². The Kier molecular flexibility index (Phi) is 4.25. The Labute approximate surface area is 110 Å². The van der Waals surface area contributed by atoms with Crippen LogP contribution < -0.4 is 11.1 Å². The van der Waals surface area contributed by atoms with E-state index in [4.69, 9.17) is 5.73 Å². The van der Waals surface area contributed by atoms with Crippen molar-refractivity contribution in [1.82, 2.24) is 4.98 Å². The van der Waals surface area contributed by atoms with Gasteiger partial charge in [0.1, 0.15) is 0 Å². The molecule has 3 N–H and O–H groups in total. The minimum absolute atomic E-state index is 0.102. The van der Waals surface area contributed by atoms with E-state index >= 15 is 0 Å². The fraction of sp³-hybridized carbons (Fsp3) is 0.308. The first kappa shape index (κ1) is 13.2. The molecule has 6 nitrogen and oxygen atoms in total. The largest absolute Gasteiger partial charge is 0.384 e. The summed E-state index contributed by atoms with van der Waals surface area (Å²) in [7, 11) is 0. The van der Waals surface area contributed by atoms with Crippen molar-refractivity contribution in [1.29, 1.82) is 0 Å². The first-order valence-electron chi connectivity index (χ1n) is 6.19. The van der Waals surface area contributed by atoms with Crippen molar-refractivity contribution in [3.8, 4) is 0 Å². The van der Waals surface area contributed by atoms with Crippen LogP contribution in [0.15, 0.2) is 30.6 Å².